The minimum atomic E-state index is -0.515. The zero-order valence-electron chi connectivity index (χ0n) is 15.3. The third-order valence-electron chi connectivity index (χ3n) is 4.11. The zero-order chi connectivity index (χ0) is 18.1. The van der Waals surface area contributed by atoms with Gasteiger partial charge in [-0.3, -0.25) is 4.79 Å². The Morgan fingerprint density at radius 3 is 2.17 bits per heavy atom. The van der Waals surface area contributed by atoms with E-state index in [2.05, 4.69) is 0 Å². The maximum atomic E-state index is 12.4. The molecule has 1 aromatic carbocycles. The van der Waals surface area contributed by atoms with Crippen molar-refractivity contribution in [3.63, 3.8) is 0 Å². The lowest BCUT2D eigenvalue weighted by molar-refractivity contribution is -0.129. The van der Waals surface area contributed by atoms with E-state index in [9.17, 15) is 9.59 Å². The second-order valence-corrected chi connectivity index (χ2v) is 7.21. The lowest BCUT2D eigenvalue weighted by atomic mass is 9.91. The summed E-state index contributed by atoms with van der Waals surface area (Å²) in [4.78, 5) is 24.3. The third kappa shape index (κ3) is 3.75. The van der Waals surface area contributed by atoms with Crippen LogP contribution in [0.2, 0.25) is 0 Å². The van der Waals surface area contributed by atoms with E-state index in [1.807, 2.05) is 70.4 Å². The summed E-state index contributed by atoms with van der Waals surface area (Å²) in [6.45, 7) is 11.1. The molecule has 128 valence electrons. The molecular formula is C20H25NO3. The monoisotopic (exact) mass is 327 g/mol. The third-order valence-corrected chi connectivity index (χ3v) is 4.11. The number of aromatic nitrogens is 1. The van der Waals surface area contributed by atoms with Gasteiger partial charge >= 0.3 is 5.97 Å². The number of hydrogen-bond donors (Lipinski definition) is 0. The Bertz CT molecular complexity index is 761. The van der Waals surface area contributed by atoms with Crippen molar-refractivity contribution in [1.29, 1.82) is 0 Å². The number of benzene rings is 1. The van der Waals surface area contributed by atoms with Crippen LogP contribution in [-0.2, 0) is 9.53 Å². The van der Waals surface area contributed by atoms with Crippen LogP contribution in [0, 0.1) is 26.2 Å². The van der Waals surface area contributed by atoms with Crippen LogP contribution in [0.25, 0.3) is 5.69 Å². The van der Waals surface area contributed by atoms with Crippen LogP contribution in [0.3, 0.4) is 0 Å². The molecule has 4 nitrogen and oxygen atoms in total. The van der Waals surface area contributed by atoms with Gasteiger partial charge in [-0.2, -0.15) is 0 Å². The van der Waals surface area contributed by atoms with Crippen molar-refractivity contribution < 1.29 is 14.3 Å². The number of carbonyl (C=O) groups excluding carboxylic acids is 2. The second-order valence-electron chi connectivity index (χ2n) is 7.21. The van der Waals surface area contributed by atoms with Crippen LogP contribution in [0.15, 0.2) is 30.3 Å². The van der Waals surface area contributed by atoms with E-state index in [0.717, 1.165) is 17.1 Å². The quantitative estimate of drug-likeness (QED) is 0.792. The number of esters is 1. The molecule has 24 heavy (non-hydrogen) atoms. The molecule has 0 amide bonds. The van der Waals surface area contributed by atoms with Crippen molar-refractivity contribution in [2.24, 2.45) is 5.41 Å². The standard InChI is InChI=1S/C20H25NO3/c1-13-7-9-16(10-8-13)21-14(2)11-17(15(21)3)19(23)24-12-18(22)20(4,5)6/h7-11H,12H2,1-6H3. The maximum Gasteiger partial charge on any atom is 0.340 e. The number of carbonyl (C=O) groups is 2. The van der Waals surface area contributed by atoms with Gasteiger partial charge in [-0.15, -0.1) is 0 Å². The molecule has 0 aliphatic heterocycles. The first-order chi connectivity index (χ1) is 11.1. The summed E-state index contributed by atoms with van der Waals surface area (Å²) in [5.41, 5.74) is 3.92. The lowest BCUT2D eigenvalue weighted by Gasteiger charge is -2.16. The van der Waals surface area contributed by atoms with Gasteiger partial charge in [0.25, 0.3) is 0 Å². The van der Waals surface area contributed by atoms with Gasteiger partial charge in [0.1, 0.15) is 0 Å². The maximum absolute atomic E-state index is 12.4. The fourth-order valence-corrected chi connectivity index (χ4v) is 2.49. The minimum absolute atomic E-state index is 0.0943. The fourth-order valence-electron chi connectivity index (χ4n) is 2.49. The van der Waals surface area contributed by atoms with Crippen LogP contribution < -0.4 is 0 Å². The highest BCUT2D eigenvalue weighted by Gasteiger charge is 2.24. The van der Waals surface area contributed by atoms with Gasteiger partial charge in [0.15, 0.2) is 12.4 Å². The van der Waals surface area contributed by atoms with E-state index < -0.39 is 11.4 Å². The topological polar surface area (TPSA) is 48.3 Å². The molecule has 0 aliphatic rings. The highest BCUT2D eigenvalue weighted by molar-refractivity contribution is 5.94. The van der Waals surface area contributed by atoms with Crippen LogP contribution in [0.1, 0.15) is 48.1 Å². The zero-order valence-corrected chi connectivity index (χ0v) is 15.3. The Labute approximate surface area is 143 Å². The lowest BCUT2D eigenvalue weighted by Crippen LogP contribution is -2.26. The molecule has 2 rings (SSSR count). The van der Waals surface area contributed by atoms with Gasteiger partial charge in [-0.05, 0) is 39.0 Å². The van der Waals surface area contributed by atoms with Crippen molar-refractivity contribution in [1.82, 2.24) is 4.57 Å². The first kappa shape index (κ1) is 18.0. The molecule has 0 saturated carbocycles. The predicted molar refractivity (Wildman–Crippen MR) is 94.7 cm³/mol. The molecule has 0 unspecified atom stereocenters. The number of Topliss-reactive ketones (excluding diaryl/α,β-unsaturated/α-hetero) is 1. The van der Waals surface area contributed by atoms with Gasteiger partial charge in [0.2, 0.25) is 0 Å². The van der Waals surface area contributed by atoms with Crippen molar-refractivity contribution in [3.05, 3.63) is 52.8 Å². The number of aryl methyl sites for hydroxylation is 2. The normalized spacial score (nSPS) is 11.4. The summed E-state index contributed by atoms with van der Waals surface area (Å²) in [7, 11) is 0. The molecule has 0 bridgehead atoms. The average molecular weight is 327 g/mol. The van der Waals surface area contributed by atoms with Crippen molar-refractivity contribution in [3.8, 4) is 5.69 Å². The molecule has 2 aromatic rings. The molecule has 0 spiro atoms. The van der Waals surface area contributed by atoms with Crippen LogP contribution in [0.4, 0.5) is 0 Å². The Hall–Kier alpha value is -2.36. The summed E-state index contributed by atoms with van der Waals surface area (Å²) >= 11 is 0. The number of nitrogens with zero attached hydrogens (tertiary/aromatic N) is 1. The predicted octanol–water partition coefficient (Wildman–Crippen LogP) is 4.17. The molecular weight excluding hydrogens is 302 g/mol. The van der Waals surface area contributed by atoms with E-state index in [1.54, 1.807) is 6.07 Å². The average Bonchev–Trinajstić information content (AvgIpc) is 2.79. The molecule has 0 N–H and O–H groups in total. The second kappa shape index (κ2) is 6.63. The van der Waals surface area contributed by atoms with Gasteiger partial charge in [-0.25, -0.2) is 4.79 Å². The largest absolute Gasteiger partial charge is 0.454 e. The van der Waals surface area contributed by atoms with E-state index in [4.69, 9.17) is 4.74 Å². The number of ether oxygens (including phenoxy) is 1. The first-order valence-electron chi connectivity index (χ1n) is 8.07. The summed E-state index contributed by atoms with van der Waals surface area (Å²) < 4.78 is 7.23. The van der Waals surface area contributed by atoms with Crippen molar-refractivity contribution >= 4 is 11.8 Å². The Kier molecular flexibility index (Phi) is 4.97. The molecule has 4 heteroatoms. The molecule has 1 heterocycles. The number of rotatable bonds is 4. The Morgan fingerprint density at radius 2 is 1.62 bits per heavy atom. The van der Waals surface area contributed by atoms with E-state index >= 15 is 0 Å². The smallest absolute Gasteiger partial charge is 0.340 e. The van der Waals surface area contributed by atoms with Gasteiger partial charge in [0.05, 0.1) is 5.56 Å². The van der Waals surface area contributed by atoms with E-state index in [-0.39, 0.29) is 12.4 Å². The van der Waals surface area contributed by atoms with E-state index in [0.29, 0.717) is 5.56 Å². The summed E-state index contributed by atoms with van der Waals surface area (Å²) in [6, 6.07) is 9.92. The first-order valence-corrected chi connectivity index (χ1v) is 8.07. The van der Waals surface area contributed by atoms with Gasteiger partial charge in [-0.1, -0.05) is 38.5 Å². The molecule has 0 aliphatic carbocycles. The summed E-state index contributed by atoms with van der Waals surface area (Å²) in [6.07, 6.45) is 0. The van der Waals surface area contributed by atoms with E-state index in [1.165, 1.54) is 5.56 Å². The number of hydrogen-bond acceptors (Lipinski definition) is 3. The Morgan fingerprint density at radius 1 is 1.04 bits per heavy atom. The highest BCUT2D eigenvalue weighted by atomic mass is 16.5. The van der Waals surface area contributed by atoms with Crippen LogP contribution in [0.5, 0.6) is 0 Å². The highest BCUT2D eigenvalue weighted by Crippen LogP contribution is 2.22. The molecule has 0 atom stereocenters. The van der Waals surface area contributed by atoms with Crippen LogP contribution in [-0.4, -0.2) is 22.9 Å². The minimum Gasteiger partial charge on any atom is -0.454 e. The molecule has 0 saturated heterocycles. The molecule has 0 fully saturated rings. The summed E-state index contributed by atoms with van der Waals surface area (Å²) in [5, 5.41) is 0. The fraction of sp³-hybridized carbons (Fsp3) is 0.400. The summed E-state index contributed by atoms with van der Waals surface area (Å²) in [5.74, 6) is -0.553. The SMILES string of the molecule is Cc1ccc(-n2c(C)cc(C(=O)OCC(=O)C(C)(C)C)c2C)cc1. The van der Waals surface area contributed by atoms with Gasteiger partial charge < -0.3 is 9.30 Å². The molecule has 0 radical (unpaired) electrons. The van der Waals surface area contributed by atoms with Crippen molar-refractivity contribution in [2.45, 2.75) is 41.5 Å². The molecule has 1 aromatic heterocycles. The Balaban J connectivity index is 2.23. The van der Waals surface area contributed by atoms with Crippen molar-refractivity contribution in [2.75, 3.05) is 6.61 Å². The number of ketones is 1. The van der Waals surface area contributed by atoms with Crippen LogP contribution >= 0.6 is 0 Å². The van der Waals surface area contributed by atoms with Gasteiger partial charge in [0, 0.05) is 22.5 Å².